The first kappa shape index (κ1) is 37.5. The number of hydrogen-bond acceptors (Lipinski definition) is 7. The molecule has 2 aromatic carbocycles. The maximum absolute atomic E-state index is 14.7. The molecule has 3 heterocycles. The molecule has 3 aliphatic rings. The third-order valence-corrected chi connectivity index (χ3v) is 11.2. The summed E-state index contributed by atoms with van der Waals surface area (Å²) in [6.45, 7) is 10.2. The van der Waals surface area contributed by atoms with Gasteiger partial charge in [-0.3, -0.25) is 19.2 Å². The van der Waals surface area contributed by atoms with Gasteiger partial charge in [0.15, 0.2) is 0 Å². The molecule has 1 unspecified atom stereocenters. The lowest BCUT2D eigenvalue weighted by atomic mass is 9.70. The topological polar surface area (TPSA) is 117 Å². The number of carbonyl (C=O) groups excluding carboxylic acids is 4. The highest BCUT2D eigenvalue weighted by Gasteiger charge is 2.77. The minimum atomic E-state index is -1.27. The molecule has 0 saturated carbocycles. The summed E-state index contributed by atoms with van der Waals surface area (Å²) >= 11 is 3.75. The molecule has 2 bridgehead atoms. The van der Waals surface area contributed by atoms with E-state index in [2.05, 4.69) is 29.1 Å². The summed E-state index contributed by atoms with van der Waals surface area (Å²) in [4.78, 5) is 61.2. The number of allylic oxidation sites excluding steroid dienone is 1. The smallest absolute Gasteiger partial charge is 0.313 e. The number of nitrogens with zero attached hydrogens (tertiary/aromatic N) is 3. The van der Waals surface area contributed by atoms with E-state index in [9.17, 15) is 24.3 Å². The van der Waals surface area contributed by atoms with Gasteiger partial charge in [-0.05, 0) is 43.7 Å². The number of carbonyl (C=O) groups is 4. The average molecular weight is 751 g/mol. The molecular weight excluding hydrogens is 702 g/mol. The molecule has 2 aromatic rings. The number of aliphatic hydroxyl groups is 1. The van der Waals surface area contributed by atoms with Gasteiger partial charge in [0, 0.05) is 44.5 Å². The summed E-state index contributed by atoms with van der Waals surface area (Å²) in [6, 6.07) is 17.4. The highest BCUT2D eigenvalue weighted by molar-refractivity contribution is 9.09. The van der Waals surface area contributed by atoms with Gasteiger partial charge in [0.2, 0.25) is 17.7 Å². The lowest BCUT2D eigenvalue weighted by Crippen LogP contribution is -2.56. The number of halogens is 1. The lowest BCUT2D eigenvalue weighted by molar-refractivity contribution is -0.164. The zero-order chi connectivity index (χ0) is 36.0. The number of aliphatic hydroxyl groups excluding tert-OH is 1. The third kappa shape index (κ3) is 7.31. The molecule has 0 radical (unpaired) electrons. The second-order valence-corrected chi connectivity index (χ2v) is 14.6. The maximum Gasteiger partial charge on any atom is 0.313 e. The molecule has 3 saturated heterocycles. The normalized spacial score (nSPS) is 26.2. The summed E-state index contributed by atoms with van der Waals surface area (Å²) in [7, 11) is 1.69. The SMILES string of the molecule is C=CCCC(=O)N(C)[C@H](C)[C@H](OC(=O)[C@@H]1[C@H]2O[C@@]3(CC2Br)[C@H](C(=O)N(CC=C)Cc2ccccc2)N(CCCCO)C(=O)[C@@H]13)c1ccccc1. The van der Waals surface area contributed by atoms with E-state index >= 15 is 0 Å². The number of likely N-dealkylation sites (tertiary alicyclic amines) is 1. The van der Waals surface area contributed by atoms with Crippen LogP contribution in [-0.4, -0.2) is 98.9 Å². The van der Waals surface area contributed by atoms with Crippen LogP contribution in [-0.2, 0) is 35.2 Å². The Kier molecular flexibility index (Phi) is 12.3. The van der Waals surface area contributed by atoms with Gasteiger partial charge in [-0.15, -0.1) is 13.2 Å². The first-order valence-electron chi connectivity index (χ1n) is 17.4. The number of fused-ring (bicyclic) bond motifs is 1. The van der Waals surface area contributed by atoms with Gasteiger partial charge in [-0.2, -0.15) is 0 Å². The van der Waals surface area contributed by atoms with Crippen LogP contribution < -0.4 is 0 Å². The molecule has 10 nitrogen and oxygen atoms in total. The van der Waals surface area contributed by atoms with Gasteiger partial charge in [-0.25, -0.2) is 0 Å². The van der Waals surface area contributed by atoms with Crippen LogP contribution in [0, 0.1) is 11.8 Å². The van der Waals surface area contributed by atoms with E-state index in [0.29, 0.717) is 37.8 Å². The second-order valence-electron chi connectivity index (χ2n) is 13.5. The van der Waals surface area contributed by atoms with Crippen molar-refractivity contribution in [2.24, 2.45) is 11.8 Å². The number of benzene rings is 2. The van der Waals surface area contributed by atoms with Crippen molar-refractivity contribution < 1.29 is 33.8 Å². The predicted octanol–water partition coefficient (Wildman–Crippen LogP) is 4.82. The van der Waals surface area contributed by atoms with Crippen LogP contribution in [0.1, 0.15) is 56.3 Å². The molecule has 5 rings (SSSR count). The van der Waals surface area contributed by atoms with E-state index in [4.69, 9.17) is 9.47 Å². The molecule has 0 aromatic heterocycles. The highest BCUT2D eigenvalue weighted by Crippen LogP contribution is 2.60. The average Bonchev–Trinajstić information content (AvgIpc) is 3.72. The number of likely N-dealkylation sites (N-methyl/N-ethyl adjacent to an activating group) is 1. The molecular formula is C39H48BrN3O7. The minimum Gasteiger partial charge on any atom is -0.455 e. The van der Waals surface area contributed by atoms with E-state index in [-0.39, 0.29) is 48.7 Å². The fourth-order valence-electron chi connectivity index (χ4n) is 7.80. The fraction of sp³-hybridized carbons (Fsp3) is 0.487. The van der Waals surface area contributed by atoms with Crippen molar-refractivity contribution >= 4 is 39.6 Å². The van der Waals surface area contributed by atoms with Crippen LogP contribution in [0.4, 0.5) is 0 Å². The Morgan fingerprint density at radius 2 is 1.78 bits per heavy atom. The number of unbranched alkanes of at least 4 members (excludes halogenated alkanes) is 1. The molecule has 268 valence electrons. The Balaban J connectivity index is 1.48. The lowest BCUT2D eigenvalue weighted by Gasteiger charge is -2.37. The summed E-state index contributed by atoms with van der Waals surface area (Å²) in [5, 5.41) is 9.55. The Morgan fingerprint density at radius 1 is 1.10 bits per heavy atom. The minimum absolute atomic E-state index is 0.0492. The number of rotatable bonds is 17. The number of ether oxygens (including phenoxy) is 2. The van der Waals surface area contributed by atoms with Gasteiger partial charge in [0.25, 0.3) is 0 Å². The van der Waals surface area contributed by atoms with Crippen LogP contribution in [0.25, 0.3) is 0 Å². The predicted molar refractivity (Wildman–Crippen MR) is 193 cm³/mol. The zero-order valence-corrected chi connectivity index (χ0v) is 30.5. The first-order valence-corrected chi connectivity index (χ1v) is 18.3. The number of hydrogen-bond donors (Lipinski definition) is 1. The monoisotopic (exact) mass is 749 g/mol. The summed E-state index contributed by atoms with van der Waals surface area (Å²) in [5.74, 6) is -3.26. The molecule has 50 heavy (non-hydrogen) atoms. The van der Waals surface area contributed by atoms with Crippen molar-refractivity contribution in [3.63, 3.8) is 0 Å². The Bertz CT molecular complexity index is 1540. The van der Waals surface area contributed by atoms with Gasteiger partial charge >= 0.3 is 5.97 Å². The third-order valence-electron chi connectivity index (χ3n) is 10.4. The number of amides is 3. The van der Waals surface area contributed by atoms with E-state index in [1.807, 2.05) is 67.6 Å². The fourth-order valence-corrected chi connectivity index (χ4v) is 8.74. The number of alkyl halides is 1. The molecule has 0 aliphatic carbocycles. The van der Waals surface area contributed by atoms with Crippen molar-refractivity contribution in [1.82, 2.24) is 14.7 Å². The van der Waals surface area contributed by atoms with E-state index in [1.165, 1.54) is 0 Å². The number of esters is 1. The molecule has 11 heteroatoms. The van der Waals surface area contributed by atoms with Crippen LogP contribution >= 0.6 is 15.9 Å². The zero-order valence-electron chi connectivity index (χ0n) is 28.9. The van der Waals surface area contributed by atoms with Crippen molar-refractivity contribution in [2.75, 3.05) is 26.7 Å². The van der Waals surface area contributed by atoms with Gasteiger partial charge < -0.3 is 29.3 Å². The molecule has 1 spiro atoms. The highest BCUT2D eigenvalue weighted by atomic mass is 79.9. The maximum atomic E-state index is 14.7. The largest absolute Gasteiger partial charge is 0.455 e. The van der Waals surface area contributed by atoms with Crippen molar-refractivity contribution in [3.8, 4) is 0 Å². The van der Waals surface area contributed by atoms with Crippen molar-refractivity contribution in [2.45, 2.75) is 80.3 Å². The molecule has 3 amide bonds. The summed E-state index contributed by atoms with van der Waals surface area (Å²) < 4.78 is 13.1. The van der Waals surface area contributed by atoms with Crippen LogP contribution in [0.3, 0.4) is 0 Å². The van der Waals surface area contributed by atoms with Crippen LogP contribution in [0.2, 0.25) is 0 Å². The Hall–Kier alpha value is -3.80. The summed E-state index contributed by atoms with van der Waals surface area (Å²) in [5.41, 5.74) is 0.374. The first-order chi connectivity index (χ1) is 24.1. The molecule has 3 fully saturated rings. The van der Waals surface area contributed by atoms with E-state index < -0.39 is 47.7 Å². The Morgan fingerprint density at radius 3 is 2.42 bits per heavy atom. The van der Waals surface area contributed by atoms with Gasteiger partial charge in [0.05, 0.1) is 24.0 Å². The van der Waals surface area contributed by atoms with Crippen molar-refractivity contribution in [3.05, 3.63) is 97.1 Å². The van der Waals surface area contributed by atoms with E-state index in [0.717, 1.165) is 5.56 Å². The molecule has 3 aliphatic heterocycles. The van der Waals surface area contributed by atoms with Gasteiger partial charge in [0.1, 0.15) is 17.7 Å². The van der Waals surface area contributed by atoms with Crippen LogP contribution in [0.5, 0.6) is 0 Å². The van der Waals surface area contributed by atoms with Gasteiger partial charge in [-0.1, -0.05) is 88.7 Å². The van der Waals surface area contributed by atoms with Crippen molar-refractivity contribution in [1.29, 1.82) is 0 Å². The standard InChI is InChI=1S/C39H48BrN3O7/c1-5-7-20-30(45)41(4)26(3)33(28-18-12-9-13-19-28)49-38(48)31-32-36(46)43(22-14-15-23-44)35(39(32)24-29(40)34(31)50-39)37(47)42(21-6-2)25-27-16-10-8-11-17-27/h5-6,8-13,16-19,26,29,31-35,44H,1-2,7,14-15,20-25H2,3-4H3/t26-,29?,31+,32-,33+,34+,35+,39-/m1/s1. The molecule has 1 N–H and O–H groups in total. The summed E-state index contributed by atoms with van der Waals surface area (Å²) in [6.07, 6.45) is 3.91. The second kappa shape index (κ2) is 16.5. The molecule has 8 atom stereocenters. The quantitative estimate of drug-likeness (QED) is 0.107. The Labute approximate surface area is 303 Å². The van der Waals surface area contributed by atoms with Crippen LogP contribution in [0.15, 0.2) is 86.0 Å². The van der Waals surface area contributed by atoms with E-state index in [1.54, 1.807) is 33.9 Å².